The molecule has 1 aromatic rings. The minimum Gasteiger partial charge on any atom is -0.481 e. The lowest BCUT2D eigenvalue weighted by Crippen LogP contribution is -2.37. The van der Waals surface area contributed by atoms with Crippen molar-refractivity contribution in [2.45, 2.75) is 12.5 Å². The van der Waals surface area contributed by atoms with Gasteiger partial charge in [0.15, 0.2) is 0 Å². The van der Waals surface area contributed by atoms with Gasteiger partial charge >= 0.3 is 12.0 Å². The van der Waals surface area contributed by atoms with Crippen molar-refractivity contribution in [3.05, 3.63) is 29.8 Å². The maximum Gasteiger partial charge on any atom is 0.319 e. The zero-order valence-electron chi connectivity index (χ0n) is 10.9. The molecule has 0 fully saturated rings. The summed E-state index contributed by atoms with van der Waals surface area (Å²) in [6.07, 6.45) is -0.788. The van der Waals surface area contributed by atoms with Crippen molar-refractivity contribution in [3.63, 3.8) is 0 Å². The van der Waals surface area contributed by atoms with Gasteiger partial charge in [-0.2, -0.15) is 5.26 Å². The molecule has 3 N–H and O–H groups in total. The number of anilines is 1. The molecular weight excluding hydrogens is 262 g/mol. The number of nitriles is 1. The molecule has 1 atom stereocenters. The Hall–Kier alpha value is -2.59. The van der Waals surface area contributed by atoms with Crippen LogP contribution in [-0.4, -0.2) is 36.9 Å². The average Bonchev–Trinajstić information content (AvgIpc) is 2.43. The van der Waals surface area contributed by atoms with Crippen molar-refractivity contribution in [1.29, 1.82) is 5.26 Å². The highest BCUT2D eigenvalue weighted by molar-refractivity contribution is 5.89. The van der Waals surface area contributed by atoms with E-state index in [2.05, 4.69) is 10.6 Å². The predicted molar refractivity (Wildman–Crippen MR) is 71.2 cm³/mol. The number of carbonyl (C=O) groups is 2. The van der Waals surface area contributed by atoms with Crippen LogP contribution in [0.3, 0.4) is 0 Å². The maximum atomic E-state index is 11.6. The van der Waals surface area contributed by atoms with E-state index in [4.69, 9.17) is 15.1 Å². The Kier molecular flexibility index (Phi) is 6.00. The van der Waals surface area contributed by atoms with Crippen molar-refractivity contribution in [2.24, 2.45) is 0 Å². The number of carboxylic acid groups (broad SMARTS) is 1. The summed E-state index contributed by atoms with van der Waals surface area (Å²) in [6.45, 7) is 0.0760. The number of benzene rings is 1. The van der Waals surface area contributed by atoms with Crippen LogP contribution in [0.15, 0.2) is 24.3 Å². The van der Waals surface area contributed by atoms with Crippen LogP contribution in [-0.2, 0) is 9.53 Å². The molecule has 7 nitrogen and oxygen atoms in total. The highest BCUT2D eigenvalue weighted by Gasteiger charge is 2.13. The van der Waals surface area contributed by atoms with Crippen LogP contribution in [0.5, 0.6) is 0 Å². The van der Waals surface area contributed by atoms with Crippen LogP contribution in [0.4, 0.5) is 10.5 Å². The Labute approximate surface area is 116 Å². The number of ether oxygens (including phenoxy) is 1. The molecule has 0 aliphatic carbocycles. The lowest BCUT2D eigenvalue weighted by molar-refractivity contribution is -0.139. The normalized spacial score (nSPS) is 11.2. The molecule has 2 amide bonds. The second-order valence-corrected chi connectivity index (χ2v) is 3.98. The molecular formula is C13H15N3O4. The maximum absolute atomic E-state index is 11.6. The summed E-state index contributed by atoms with van der Waals surface area (Å²) >= 11 is 0. The van der Waals surface area contributed by atoms with Gasteiger partial charge in [-0.25, -0.2) is 4.79 Å². The number of rotatable bonds is 6. The third-order valence-corrected chi connectivity index (χ3v) is 2.48. The second-order valence-electron chi connectivity index (χ2n) is 3.98. The van der Waals surface area contributed by atoms with E-state index in [1.807, 2.05) is 6.07 Å². The summed E-state index contributed by atoms with van der Waals surface area (Å²) in [5, 5.41) is 22.4. The molecule has 0 aromatic heterocycles. The van der Waals surface area contributed by atoms with E-state index in [1.54, 1.807) is 18.2 Å². The molecule has 0 heterocycles. The fourth-order valence-electron chi connectivity index (χ4n) is 1.48. The van der Waals surface area contributed by atoms with Gasteiger partial charge in [0.1, 0.15) is 0 Å². The molecule has 0 saturated carbocycles. The lowest BCUT2D eigenvalue weighted by Gasteiger charge is -2.14. The van der Waals surface area contributed by atoms with Crippen LogP contribution in [0.1, 0.15) is 12.0 Å². The van der Waals surface area contributed by atoms with Gasteiger partial charge in [-0.1, -0.05) is 6.07 Å². The summed E-state index contributed by atoms with van der Waals surface area (Å²) in [7, 11) is 1.38. The third-order valence-electron chi connectivity index (χ3n) is 2.48. The van der Waals surface area contributed by atoms with Gasteiger partial charge in [-0.3, -0.25) is 4.79 Å². The van der Waals surface area contributed by atoms with Crippen LogP contribution in [0.2, 0.25) is 0 Å². The van der Waals surface area contributed by atoms with Crippen molar-refractivity contribution in [2.75, 3.05) is 19.0 Å². The predicted octanol–water partition coefficient (Wildman–Crippen LogP) is 1.17. The summed E-state index contributed by atoms with van der Waals surface area (Å²) in [5.74, 6) is -0.999. The number of carboxylic acids is 1. The Morgan fingerprint density at radius 1 is 1.50 bits per heavy atom. The number of methoxy groups -OCH3 is 1. The third kappa shape index (κ3) is 5.37. The molecule has 0 aliphatic rings. The smallest absolute Gasteiger partial charge is 0.319 e. The summed E-state index contributed by atoms with van der Waals surface area (Å²) in [5.41, 5.74) is 0.914. The highest BCUT2D eigenvalue weighted by Crippen LogP contribution is 2.09. The van der Waals surface area contributed by atoms with Crippen molar-refractivity contribution < 1.29 is 19.4 Å². The van der Waals surface area contributed by atoms with E-state index in [9.17, 15) is 9.59 Å². The minimum absolute atomic E-state index is 0.0760. The first-order valence-corrected chi connectivity index (χ1v) is 5.84. The van der Waals surface area contributed by atoms with Crippen LogP contribution in [0.25, 0.3) is 0 Å². The second kappa shape index (κ2) is 7.76. The number of amides is 2. The first kappa shape index (κ1) is 15.5. The van der Waals surface area contributed by atoms with E-state index in [0.29, 0.717) is 11.3 Å². The molecule has 0 spiro atoms. The molecule has 0 bridgehead atoms. The van der Waals surface area contributed by atoms with E-state index < -0.39 is 18.1 Å². The Balaban J connectivity index is 2.47. The Morgan fingerprint density at radius 2 is 2.25 bits per heavy atom. The summed E-state index contributed by atoms with van der Waals surface area (Å²) in [4.78, 5) is 22.1. The fourth-order valence-corrected chi connectivity index (χ4v) is 1.48. The van der Waals surface area contributed by atoms with Gasteiger partial charge in [0, 0.05) is 19.3 Å². The van der Waals surface area contributed by atoms with Gasteiger partial charge in [0.2, 0.25) is 0 Å². The fraction of sp³-hybridized carbons (Fsp3) is 0.308. The summed E-state index contributed by atoms with van der Waals surface area (Å²) < 4.78 is 4.93. The minimum atomic E-state index is -0.999. The number of nitrogens with zero attached hydrogens (tertiary/aromatic N) is 1. The van der Waals surface area contributed by atoms with Crippen molar-refractivity contribution >= 4 is 17.7 Å². The SMILES string of the molecule is COC(CNC(=O)Nc1cccc(C#N)c1)CC(=O)O. The zero-order valence-corrected chi connectivity index (χ0v) is 10.9. The quantitative estimate of drug-likeness (QED) is 0.722. The summed E-state index contributed by atoms with van der Waals surface area (Å²) in [6, 6.07) is 7.92. The van der Waals surface area contributed by atoms with Crippen LogP contribution < -0.4 is 10.6 Å². The molecule has 0 aliphatic heterocycles. The van der Waals surface area contributed by atoms with Gasteiger partial charge in [0.05, 0.1) is 24.2 Å². The number of hydrogen-bond acceptors (Lipinski definition) is 4. The number of hydrogen-bond donors (Lipinski definition) is 3. The largest absolute Gasteiger partial charge is 0.481 e. The molecule has 0 radical (unpaired) electrons. The topological polar surface area (TPSA) is 111 Å². The first-order valence-electron chi connectivity index (χ1n) is 5.84. The molecule has 1 rings (SSSR count). The molecule has 7 heteroatoms. The van der Waals surface area contributed by atoms with Crippen LogP contribution in [0, 0.1) is 11.3 Å². The van der Waals surface area contributed by atoms with Gasteiger partial charge < -0.3 is 20.5 Å². The van der Waals surface area contributed by atoms with Gasteiger partial charge in [-0.15, -0.1) is 0 Å². The van der Waals surface area contributed by atoms with E-state index in [1.165, 1.54) is 13.2 Å². The Bertz CT molecular complexity index is 525. The zero-order chi connectivity index (χ0) is 15.0. The molecule has 1 unspecified atom stereocenters. The van der Waals surface area contributed by atoms with E-state index in [0.717, 1.165) is 0 Å². The van der Waals surface area contributed by atoms with E-state index in [-0.39, 0.29) is 13.0 Å². The Morgan fingerprint density at radius 3 is 2.85 bits per heavy atom. The monoisotopic (exact) mass is 277 g/mol. The number of nitrogens with one attached hydrogen (secondary N) is 2. The molecule has 0 saturated heterocycles. The molecule has 1 aromatic carbocycles. The number of urea groups is 1. The highest BCUT2D eigenvalue weighted by atomic mass is 16.5. The van der Waals surface area contributed by atoms with Crippen LogP contribution >= 0.6 is 0 Å². The van der Waals surface area contributed by atoms with Crippen molar-refractivity contribution in [1.82, 2.24) is 5.32 Å². The van der Waals surface area contributed by atoms with Crippen molar-refractivity contribution in [3.8, 4) is 6.07 Å². The lowest BCUT2D eigenvalue weighted by atomic mass is 10.2. The van der Waals surface area contributed by atoms with E-state index >= 15 is 0 Å². The molecule has 106 valence electrons. The molecule has 20 heavy (non-hydrogen) atoms. The first-order chi connectivity index (χ1) is 9.55. The van der Waals surface area contributed by atoms with Gasteiger partial charge in [-0.05, 0) is 18.2 Å². The van der Waals surface area contributed by atoms with Gasteiger partial charge in [0.25, 0.3) is 0 Å². The standard InChI is InChI=1S/C13H15N3O4/c1-20-11(6-12(17)18)8-15-13(19)16-10-4-2-3-9(5-10)7-14/h2-5,11H,6,8H2,1H3,(H,17,18)(H2,15,16,19). The average molecular weight is 277 g/mol. The number of aliphatic carboxylic acids is 1. The number of carbonyl (C=O) groups excluding carboxylic acids is 1.